The average molecular weight is 369 g/mol. The van der Waals surface area contributed by atoms with Crippen molar-refractivity contribution in [2.45, 2.75) is 12.5 Å². The number of fused-ring (bicyclic) bond motifs is 1. The number of aliphatic hydroxyl groups excluding tert-OH is 1. The highest BCUT2D eigenvalue weighted by Gasteiger charge is 2.14. The Morgan fingerprint density at radius 1 is 1.05 bits per heavy atom. The minimum absolute atomic E-state index is 0.297. The number of benzene rings is 2. The predicted octanol–water partition coefficient (Wildman–Crippen LogP) is 5.22. The van der Waals surface area contributed by atoms with Crippen LogP contribution in [0.25, 0.3) is 10.1 Å². The third kappa shape index (κ3) is 3.15. The molecule has 1 atom stereocenters. The highest BCUT2D eigenvalue weighted by Crippen LogP contribution is 2.33. The van der Waals surface area contributed by atoms with Crippen LogP contribution >= 0.6 is 27.3 Å². The zero-order chi connectivity index (χ0) is 15.0. The molecule has 0 fully saturated rings. The molecule has 0 saturated carbocycles. The highest BCUT2D eigenvalue weighted by molar-refractivity contribution is 9.10. The van der Waals surface area contributed by atoms with Crippen molar-refractivity contribution in [2.75, 3.05) is 0 Å². The molecule has 1 aromatic heterocycles. The first-order valence-electron chi connectivity index (χ1n) is 6.34. The van der Waals surface area contributed by atoms with Gasteiger partial charge in [-0.25, -0.2) is 8.78 Å². The summed E-state index contributed by atoms with van der Waals surface area (Å²) in [6, 6.07) is 10.7. The van der Waals surface area contributed by atoms with Crippen LogP contribution in [0, 0.1) is 11.6 Å². The highest BCUT2D eigenvalue weighted by atomic mass is 79.9. The molecule has 0 bridgehead atoms. The summed E-state index contributed by atoms with van der Waals surface area (Å²) in [4.78, 5) is 0.742. The van der Waals surface area contributed by atoms with Gasteiger partial charge in [0.05, 0.1) is 6.10 Å². The van der Waals surface area contributed by atoms with E-state index < -0.39 is 6.10 Å². The average Bonchev–Trinajstić information content (AvgIpc) is 2.86. The van der Waals surface area contributed by atoms with Gasteiger partial charge in [0.1, 0.15) is 11.6 Å². The molecule has 0 aliphatic carbocycles. The van der Waals surface area contributed by atoms with E-state index >= 15 is 0 Å². The fourth-order valence-electron chi connectivity index (χ4n) is 2.21. The van der Waals surface area contributed by atoms with Gasteiger partial charge in [-0.1, -0.05) is 15.9 Å². The molecule has 0 aliphatic rings. The van der Waals surface area contributed by atoms with Gasteiger partial charge in [0.2, 0.25) is 0 Å². The Morgan fingerprint density at radius 2 is 1.76 bits per heavy atom. The van der Waals surface area contributed by atoms with E-state index in [1.807, 2.05) is 0 Å². The smallest absolute Gasteiger partial charge is 0.123 e. The molecule has 3 aromatic rings. The van der Waals surface area contributed by atoms with Gasteiger partial charge in [0.15, 0.2) is 0 Å². The summed E-state index contributed by atoms with van der Waals surface area (Å²) in [6.45, 7) is 0. The Balaban J connectivity index is 1.89. The second-order valence-corrected chi connectivity index (χ2v) is 6.76. The fourth-order valence-corrected chi connectivity index (χ4v) is 3.65. The zero-order valence-corrected chi connectivity index (χ0v) is 13.2. The topological polar surface area (TPSA) is 20.2 Å². The van der Waals surface area contributed by atoms with Crippen molar-refractivity contribution in [1.29, 1.82) is 0 Å². The van der Waals surface area contributed by atoms with Crippen molar-refractivity contribution < 1.29 is 13.9 Å². The van der Waals surface area contributed by atoms with Gasteiger partial charge in [-0.15, -0.1) is 11.3 Å². The van der Waals surface area contributed by atoms with Crippen molar-refractivity contribution in [3.05, 3.63) is 69.0 Å². The van der Waals surface area contributed by atoms with E-state index in [1.54, 1.807) is 18.2 Å². The molecule has 1 heterocycles. The van der Waals surface area contributed by atoms with Crippen molar-refractivity contribution in [3.63, 3.8) is 0 Å². The molecule has 21 heavy (non-hydrogen) atoms. The molecule has 0 amide bonds. The summed E-state index contributed by atoms with van der Waals surface area (Å²) >= 11 is 4.77. The number of halogens is 3. The van der Waals surface area contributed by atoms with E-state index in [9.17, 15) is 13.9 Å². The quantitative estimate of drug-likeness (QED) is 0.671. The van der Waals surface area contributed by atoms with Crippen molar-refractivity contribution in [1.82, 2.24) is 0 Å². The molecule has 5 heteroatoms. The number of hydrogen-bond acceptors (Lipinski definition) is 2. The molecule has 1 N–H and O–H groups in total. The number of thiophene rings is 1. The lowest BCUT2D eigenvalue weighted by atomic mass is 10.1. The molecule has 1 nitrogen and oxygen atoms in total. The summed E-state index contributed by atoms with van der Waals surface area (Å²) in [7, 11) is 0. The first-order chi connectivity index (χ1) is 10.0. The first kappa shape index (κ1) is 14.6. The number of aliphatic hydroxyl groups is 1. The molecule has 0 aliphatic heterocycles. The normalized spacial score (nSPS) is 12.8. The van der Waals surface area contributed by atoms with Crippen LogP contribution in [0.2, 0.25) is 0 Å². The van der Waals surface area contributed by atoms with Crippen molar-refractivity contribution in [2.24, 2.45) is 0 Å². The van der Waals surface area contributed by atoms with Crippen LogP contribution in [-0.2, 0) is 6.42 Å². The zero-order valence-electron chi connectivity index (χ0n) is 10.8. The van der Waals surface area contributed by atoms with Crippen LogP contribution in [0.3, 0.4) is 0 Å². The van der Waals surface area contributed by atoms with Gasteiger partial charge in [-0.3, -0.25) is 0 Å². The SMILES string of the molecule is OC(Cc1cc(F)ccc1Br)c1cc2cc(F)ccc2s1. The molecule has 108 valence electrons. The summed E-state index contributed by atoms with van der Waals surface area (Å²) < 4.78 is 28.1. The van der Waals surface area contributed by atoms with Crippen LogP contribution in [-0.4, -0.2) is 5.11 Å². The summed E-state index contributed by atoms with van der Waals surface area (Å²) in [5.41, 5.74) is 0.700. The molecular weight excluding hydrogens is 358 g/mol. The van der Waals surface area contributed by atoms with E-state index in [1.165, 1.54) is 35.6 Å². The lowest BCUT2D eigenvalue weighted by Crippen LogP contribution is -2.00. The van der Waals surface area contributed by atoms with E-state index in [-0.39, 0.29) is 11.6 Å². The van der Waals surface area contributed by atoms with Gasteiger partial charge in [-0.2, -0.15) is 0 Å². The third-order valence-corrected chi connectivity index (χ3v) is 5.24. The maximum atomic E-state index is 13.3. The largest absolute Gasteiger partial charge is 0.387 e. The molecule has 0 radical (unpaired) electrons. The predicted molar refractivity (Wildman–Crippen MR) is 84.5 cm³/mol. The van der Waals surface area contributed by atoms with Crippen LogP contribution < -0.4 is 0 Å². The monoisotopic (exact) mass is 368 g/mol. The second kappa shape index (κ2) is 5.83. The van der Waals surface area contributed by atoms with E-state index in [2.05, 4.69) is 15.9 Å². The minimum Gasteiger partial charge on any atom is -0.387 e. The van der Waals surface area contributed by atoms with Gasteiger partial charge in [0, 0.05) is 20.5 Å². The van der Waals surface area contributed by atoms with Gasteiger partial charge < -0.3 is 5.11 Å². The Labute approximate surface area is 133 Å². The molecule has 0 saturated heterocycles. The summed E-state index contributed by atoms with van der Waals surface area (Å²) in [5, 5.41) is 11.1. The standard InChI is InChI=1S/C16H11BrF2OS/c17-13-3-1-11(18)5-9(13)7-14(20)16-8-10-6-12(19)2-4-15(10)21-16/h1-6,8,14,20H,7H2. The lowest BCUT2D eigenvalue weighted by Gasteiger charge is -2.10. The van der Waals surface area contributed by atoms with Crippen LogP contribution in [0.15, 0.2) is 46.9 Å². The Kier molecular flexibility index (Phi) is 4.06. The molecule has 3 rings (SSSR count). The number of hydrogen-bond donors (Lipinski definition) is 1. The second-order valence-electron chi connectivity index (χ2n) is 4.79. The first-order valence-corrected chi connectivity index (χ1v) is 7.95. The molecule has 1 unspecified atom stereocenters. The van der Waals surface area contributed by atoms with Crippen molar-refractivity contribution >= 4 is 37.4 Å². The number of rotatable bonds is 3. The van der Waals surface area contributed by atoms with E-state index in [0.29, 0.717) is 12.0 Å². The Morgan fingerprint density at radius 3 is 2.57 bits per heavy atom. The van der Waals surface area contributed by atoms with E-state index in [0.717, 1.165) is 19.4 Å². The summed E-state index contributed by atoms with van der Waals surface area (Å²) in [5.74, 6) is -0.631. The van der Waals surface area contributed by atoms with Crippen molar-refractivity contribution in [3.8, 4) is 0 Å². The van der Waals surface area contributed by atoms with Crippen LogP contribution in [0.4, 0.5) is 8.78 Å². The third-order valence-electron chi connectivity index (χ3n) is 3.25. The maximum Gasteiger partial charge on any atom is 0.123 e. The maximum absolute atomic E-state index is 13.3. The van der Waals surface area contributed by atoms with Gasteiger partial charge in [-0.05, 0) is 53.4 Å². The van der Waals surface area contributed by atoms with Gasteiger partial charge >= 0.3 is 0 Å². The summed E-state index contributed by atoms with van der Waals surface area (Å²) in [6.07, 6.45) is -0.447. The van der Waals surface area contributed by atoms with Crippen LogP contribution in [0.1, 0.15) is 16.5 Å². The molecule has 2 aromatic carbocycles. The van der Waals surface area contributed by atoms with E-state index in [4.69, 9.17) is 0 Å². The Bertz CT molecular complexity index is 800. The molecular formula is C16H11BrF2OS. The van der Waals surface area contributed by atoms with Gasteiger partial charge in [0.25, 0.3) is 0 Å². The fraction of sp³-hybridized carbons (Fsp3) is 0.125. The minimum atomic E-state index is -0.747. The van der Waals surface area contributed by atoms with Crippen LogP contribution in [0.5, 0.6) is 0 Å². The lowest BCUT2D eigenvalue weighted by molar-refractivity contribution is 0.182. The molecule has 0 spiro atoms. The Hall–Kier alpha value is -1.30.